The van der Waals surface area contributed by atoms with Crippen molar-refractivity contribution in [1.29, 1.82) is 0 Å². The first-order valence-electron chi connectivity index (χ1n) is 6.67. The van der Waals surface area contributed by atoms with Crippen LogP contribution in [-0.2, 0) is 0 Å². The lowest BCUT2D eigenvalue weighted by Gasteiger charge is -2.28. The Balaban J connectivity index is 2.57. The van der Waals surface area contributed by atoms with Gasteiger partial charge in [-0.2, -0.15) is 4.98 Å². The highest BCUT2D eigenvalue weighted by atomic mass is 15.3. The Morgan fingerprint density at radius 1 is 1.21 bits per heavy atom. The van der Waals surface area contributed by atoms with Crippen LogP contribution in [0.15, 0.2) is 24.3 Å². The number of nitrogen functional groups attached to an aromatic ring is 1. The van der Waals surface area contributed by atoms with Gasteiger partial charge in [-0.25, -0.2) is 10.8 Å². The van der Waals surface area contributed by atoms with Crippen molar-refractivity contribution >= 4 is 22.7 Å². The lowest BCUT2D eigenvalue weighted by Crippen LogP contribution is -2.31. The Morgan fingerprint density at radius 3 is 2.53 bits per heavy atom. The molecule has 0 fully saturated rings. The number of aromatic nitrogens is 2. The summed E-state index contributed by atoms with van der Waals surface area (Å²) in [4.78, 5) is 11.1. The van der Waals surface area contributed by atoms with Crippen LogP contribution in [0, 0.1) is 0 Å². The maximum absolute atomic E-state index is 5.46. The van der Waals surface area contributed by atoms with E-state index < -0.39 is 0 Å². The zero-order valence-electron chi connectivity index (χ0n) is 11.7. The Bertz CT molecular complexity index is 551. The van der Waals surface area contributed by atoms with Crippen molar-refractivity contribution in [3.05, 3.63) is 24.3 Å². The molecule has 5 nitrogen and oxygen atoms in total. The molecule has 102 valence electrons. The summed E-state index contributed by atoms with van der Waals surface area (Å²) < 4.78 is 0. The van der Waals surface area contributed by atoms with Crippen molar-refractivity contribution in [3.8, 4) is 0 Å². The molecule has 2 aromatic rings. The Hall–Kier alpha value is -1.88. The van der Waals surface area contributed by atoms with Crippen LogP contribution in [0.4, 0.5) is 11.8 Å². The molecule has 0 radical (unpaired) electrons. The maximum atomic E-state index is 5.46. The van der Waals surface area contributed by atoms with Gasteiger partial charge in [0.25, 0.3) is 0 Å². The zero-order chi connectivity index (χ0) is 13.8. The molecule has 0 saturated heterocycles. The SMILES string of the molecule is CCC(CC)N(C)c1nc(NN)nc2ccccc12. The van der Waals surface area contributed by atoms with Gasteiger partial charge in [0.05, 0.1) is 5.52 Å². The van der Waals surface area contributed by atoms with Gasteiger partial charge < -0.3 is 4.90 Å². The van der Waals surface area contributed by atoms with Crippen LogP contribution in [0.1, 0.15) is 26.7 Å². The third-order valence-electron chi connectivity index (χ3n) is 3.54. The van der Waals surface area contributed by atoms with Crippen molar-refractivity contribution < 1.29 is 0 Å². The number of hydrogen-bond donors (Lipinski definition) is 2. The summed E-state index contributed by atoms with van der Waals surface area (Å²) in [6.45, 7) is 4.38. The third-order valence-corrected chi connectivity index (χ3v) is 3.54. The van der Waals surface area contributed by atoms with Crippen molar-refractivity contribution in [3.63, 3.8) is 0 Å². The van der Waals surface area contributed by atoms with Gasteiger partial charge in [-0.05, 0) is 25.0 Å². The highest BCUT2D eigenvalue weighted by Gasteiger charge is 2.16. The Morgan fingerprint density at radius 2 is 1.89 bits per heavy atom. The minimum atomic E-state index is 0.450. The largest absolute Gasteiger partial charge is 0.356 e. The predicted octanol–water partition coefficient (Wildman–Crippen LogP) is 2.54. The van der Waals surface area contributed by atoms with E-state index in [-0.39, 0.29) is 0 Å². The summed E-state index contributed by atoms with van der Waals surface area (Å²) >= 11 is 0. The standard InChI is InChI=1S/C14H21N5/c1-4-10(5-2)19(3)13-11-8-6-7-9-12(11)16-14(17-13)18-15/h6-10H,4-5,15H2,1-3H3,(H,16,17,18). The second-order valence-electron chi connectivity index (χ2n) is 4.61. The summed E-state index contributed by atoms with van der Waals surface area (Å²) in [5.74, 6) is 6.83. The highest BCUT2D eigenvalue weighted by molar-refractivity contribution is 5.90. The van der Waals surface area contributed by atoms with Gasteiger partial charge >= 0.3 is 0 Å². The quantitative estimate of drug-likeness (QED) is 0.638. The lowest BCUT2D eigenvalue weighted by atomic mass is 10.1. The fraction of sp³-hybridized carbons (Fsp3) is 0.429. The average molecular weight is 259 g/mol. The van der Waals surface area contributed by atoms with Gasteiger partial charge in [-0.1, -0.05) is 26.0 Å². The summed E-state index contributed by atoms with van der Waals surface area (Å²) in [7, 11) is 2.08. The number of nitrogens with two attached hydrogens (primary N) is 1. The first-order valence-corrected chi connectivity index (χ1v) is 6.67. The van der Waals surface area contributed by atoms with Gasteiger partial charge in [0, 0.05) is 18.5 Å². The molecule has 1 aromatic heterocycles. The number of hydrazine groups is 1. The van der Waals surface area contributed by atoms with Gasteiger partial charge in [0.2, 0.25) is 5.95 Å². The predicted molar refractivity (Wildman–Crippen MR) is 80.1 cm³/mol. The molecule has 1 heterocycles. The van der Waals surface area contributed by atoms with E-state index in [1.54, 1.807) is 0 Å². The molecule has 0 amide bonds. The van der Waals surface area contributed by atoms with E-state index in [9.17, 15) is 0 Å². The molecule has 0 saturated carbocycles. The first kappa shape index (κ1) is 13.5. The fourth-order valence-electron chi connectivity index (χ4n) is 2.40. The molecule has 0 aliphatic carbocycles. The third kappa shape index (κ3) is 2.61. The summed E-state index contributed by atoms with van der Waals surface area (Å²) in [6.07, 6.45) is 2.16. The van der Waals surface area contributed by atoms with Crippen LogP contribution < -0.4 is 16.2 Å². The van der Waals surface area contributed by atoms with Crippen LogP contribution in [0.5, 0.6) is 0 Å². The fourth-order valence-corrected chi connectivity index (χ4v) is 2.40. The smallest absolute Gasteiger partial charge is 0.239 e. The Labute approximate surface area is 113 Å². The van der Waals surface area contributed by atoms with Crippen LogP contribution in [-0.4, -0.2) is 23.1 Å². The second kappa shape index (κ2) is 5.84. The minimum Gasteiger partial charge on any atom is -0.356 e. The van der Waals surface area contributed by atoms with Crippen LogP contribution in [0.2, 0.25) is 0 Å². The van der Waals surface area contributed by atoms with Crippen molar-refractivity contribution in [2.24, 2.45) is 5.84 Å². The molecule has 0 atom stereocenters. The topological polar surface area (TPSA) is 67.1 Å². The van der Waals surface area contributed by atoms with Crippen LogP contribution >= 0.6 is 0 Å². The average Bonchev–Trinajstić information content (AvgIpc) is 2.47. The number of hydrogen-bond acceptors (Lipinski definition) is 5. The van der Waals surface area contributed by atoms with Gasteiger partial charge in [-0.3, -0.25) is 5.43 Å². The van der Waals surface area contributed by atoms with Crippen LogP contribution in [0.3, 0.4) is 0 Å². The van der Waals surface area contributed by atoms with E-state index in [4.69, 9.17) is 5.84 Å². The normalized spacial score (nSPS) is 11.0. The van der Waals surface area contributed by atoms with Gasteiger partial charge in [0.15, 0.2) is 0 Å². The molecular formula is C14H21N5. The van der Waals surface area contributed by atoms with Crippen molar-refractivity contribution in [1.82, 2.24) is 9.97 Å². The Kier molecular flexibility index (Phi) is 4.16. The van der Waals surface area contributed by atoms with Crippen molar-refractivity contribution in [2.75, 3.05) is 17.4 Å². The molecule has 0 spiro atoms. The molecule has 5 heteroatoms. The highest BCUT2D eigenvalue weighted by Crippen LogP contribution is 2.26. The van der Waals surface area contributed by atoms with E-state index in [1.807, 2.05) is 24.3 Å². The monoisotopic (exact) mass is 259 g/mol. The van der Waals surface area contributed by atoms with E-state index in [2.05, 4.69) is 41.2 Å². The molecule has 0 aliphatic rings. The van der Waals surface area contributed by atoms with E-state index in [0.29, 0.717) is 12.0 Å². The molecule has 2 rings (SSSR count). The zero-order valence-corrected chi connectivity index (χ0v) is 11.7. The van der Waals surface area contributed by atoms with Crippen molar-refractivity contribution in [2.45, 2.75) is 32.7 Å². The second-order valence-corrected chi connectivity index (χ2v) is 4.61. The molecular weight excluding hydrogens is 238 g/mol. The molecule has 0 aliphatic heterocycles. The number of fused-ring (bicyclic) bond motifs is 1. The number of rotatable bonds is 5. The number of anilines is 2. The number of nitrogens with one attached hydrogen (secondary N) is 1. The minimum absolute atomic E-state index is 0.450. The maximum Gasteiger partial charge on any atom is 0.239 e. The molecule has 19 heavy (non-hydrogen) atoms. The summed E-state index contributed by atoms with van der Waals surface area (Å²) in [6, 6.07) is 8.46. The van der Waals surface area contributed by atoms with E-state index in [0.717, 1.165) is 29.6 Å². The molecule has 0 unspecified atom stereocenters. The van der Waals surface area contributed by atoms with E-state index in [1.165, 1.54) is 0 Å². The van der Waals surface area contributed by atoms with Gasteiger partial charge in [0.1, 0.15) is 5.82 Å². The van der Waals surface area contributed by atoms with Crippen LogP contribution in [0.25, 0.3) is 10.9 Å². The molecule has 0 bridgehead atoms. The lowest BCUT2D eigenvalue weighted by molar-refractivity contribution is 0.588. The number of benzene rings is 1. The van der Waals surface area contributed by atoms with Gasteiger partial charge in [-0.15, -0.1) is 0 Å². The molecule has 1 aromatic carbocycles. The number of nitrogens with zero attached hydrogens (tertiary/aromatic N) is 3. The number of para-hydroxylation sites is 1. The summed E-state index contributed by atoms with van der Waals surface area (Å²) in [5, 5.41) is 1.05. The first-order chi connectivity index (χ1) is 9.21. The molecule has 3 N–H and O–H groups in total. The summed E-state index contributed by atoms with van der Waals surface area (Å²) in [5.41, 5.74) is 3.44. The van der Waals surface area contributed by atoms with E-state index >= 15 is 0 Å².